The molecule has 0 radical (unpaired) electrons. The minimum Gasteiger partial charge on any atom is -0.508 e. The van der Waals surface area contributed by atoms with Crippen LogP contribution < -0.4 is 10.1 Å². The summed E-state index contributed by atoms with van der Waals surface area (Å²) < 4.78 is 5.08. The summed E-state index contributed by atoms with van der Waals surface area (Å²) in [5.74, 6) is 0.453. The first-order valence-electron chi connectivity index (χ1n) is 5.72. The third-order valence-corrected chi connectivity index (χ3v) is 2.75. The Morgan fingerprint density at radius 1 is 0.947 bits per heavy atom. The maximum Gasteiger partial charge on any atom is 0.159 e. The van der Waals surface area contributed by atoms with Crippen LogP contribution in [0, 0.1) is 0 Å². The Kier molecular flexibility index (Phi) is 3.66. The van der Waals surface area contributed by atoms with Crippen molar-refractivity contribution < 1.29 is 20.1 Å². The predicted molar refractivity (Wildman–Crippen MR) is 71.8 cm³/mol. The fourth-order valence-corrected chi connectivity index (χ4v) is 1.66. The van der Waals surface area contributed by atoms with Crippen molar-refractivity contribution in [3.63, 3.8) is 0 Å². The van der Waals surface area contributed by atoms with Gasteiger partial charge in [0, 0.05) is 23.9 Å². The molecule has 2 aromatic rings. The van der Waals surface area contributed by atoms with Crippen LogP contribution in [0.3, 0.4) is 0 Å². The SMILES string of the molecule is COc1ccc(O)c(CNc2ccc(O)c(O)c2)c1. The van der Waals surface area contributed by atoms with Crippen LogP contribution in [-0.4, -0.2) is 22.4 Å². The first-order chi connectivity index (χ1) is 9.10. The van der Waals surface area contributed by atoms with E-state index >= 15 is 0 Å². The Hall–Kier alpha value is -2.56. The lowest BCUT2D eigenvalue weighted by molar-refractivity contribution is 0.404. The molecule has 0 saturated carbocycles. The molecule has 0 fully saturated rings. The molecule has 2 rings (SSSR count). The number of rotatable bonds is 4. The van der Waals surface area contributed by atoms with Crippen LogP contribution in [0.4, 0.5) is 5.69 Å². The Morgan fingerprint density at radius 3 is 2.37 bits per heavy atom. The van der Waals surface area contributed by atoms with E-state index in [1.807, 2.05) is 0 Å². The fraction of sp³-hybridized carbons (Fsp3) is 0.143. The first kappa shape index (κ1) is 12.9. The third-order valence-electron chi connectivity index (χ3n) is 2.75. The summed E-state index contributed by atoms with van der Waals surface area (Å²) >= 11 is 0. The number of hydrogen-bond acceptors (Lipinski definition) is 5. The molecule has 0 saturated heterocycles. The van der Waals surface area contributed by atoms with Crippen molar-refractivity contribution in [3.05, 3.63) is 42.0 Å². The van der Waals surface area contributed by atoms with Gasteiger partial charge in [-0.1, -0.05) is 0 Å². The lowest BCUT2D eigenvalue weighted by Crippen LogP contribution is -2.00. The molecule has 0 aliphatic rings. The lowest BCUT2D eigenvalue weighted by atomic mass is 10.2. The van der Waals surface area contributed by atoms with E-state index in [4.69, 9.17) is 4.74 Å². The summed E-state index contributed by atoms with van der Waals surface area (Å²) in [6.45, 7) is 0.368. The number of phenols is 3. The maximum absolute atomic E-state index is 9.72. The van der Waals surface area contributed by atoms with Crippen molar-refractivity contribution in [1.82, 2.24) is 0 Å². The van der Waals surface area contributed by atoms with E-state index in [1.165, 1.54) is 12.1 Å². The molecule has 0 heterocycles. The van der Waals surface area contributed by atoms with Gasteiger partial charge in [-0.25, -0.2) is 0 Å². The van der Waals surface area contributed by atoms with Gasteiger partial charge in [0.15, 0.2) is 11.5 Å². The van der Waals surface area contributed by atoms with Crippen molar-refractivity contribution in [3.8, 4) is 23.0 Å². The van der Waals surface area contributed by atoms with Gasteiger partial charge < -0.3 is 25.4 Å². The van der Waals surface area contributed by atoms with Gasteiger partial charge in [-0.3, -0.25) is 0 Å². The molecule has 2 aromatic carbocycles. The van der Waals surface area contributed by atoms with Crippen molar-refractivity contribution in [2.24, 2.45) is 0 Å². The van der Waals surface area contributed by atoms with E-state index < -0.39 is 0 Å². The van der Waals surface area contributed by atoms with E-state index in [2.05, 4.69) is 5.32 Å². The smallest absolute Gasteiger partial charge is 0.159 e. The van der Waals surface area contributed by atoms with E-state index in [0.29, 0.717) is 23.5 Å². The summed E-state index contributed by atoms with van der Waals surface area (Å²) in [4.78, 5) is 0. The normalized spacial score (nSPS) is 10.2. The van der Waals surface area contributed by atoms with Crippen LogP contribution in [0.1, 0.15) is 5.56 Å². The average Bonchev–Trinajstić information content (AvgIpc) is 2.41. The van der Waals surface area contributed by atoms with Crippen LogP contribution in [0.2, 0.25) is 0 Å². The number of ether oxygens (including phenoxy) is 1. The summed E-state index contributed by atoms with van der Waals surface area (Å²) in [7, 11) is 1.56. The number of methoxy groups -OCH3 is 1. The minimum atomic E-state index is -0.195. The summed E-state index contributed by atoms with van der Waals surface area (Å²) in [5, 5.41) is 31.3. The van der Waals surface area contributed by atoms with E-state index in [-0.39, 0.29) is 17.2 Å². The molecule has 0 bridgehead atoms. The highest BCUT2D eigenvalue weighted by atomic mass is 16.5. The molecule has 0 aromatic heterocycles. The Bertz CT molecular complexity index is 584. The van der Waals surface area contributed by atoms with Crippen LogP contribution in [0.15, 0.2) is 36.4 Å². The van der Waals surface area contributed by atoms with Gasteiger partial charge in [-0.15, -0.1) is 0 Å². The molecule has 4 N–H and O–H groups in total. The quantitative estimate of drug-likeness (QED) is 0.502. The maximum atomic E-state index is 9.72. The highest BCUT2D eigenvalue weighted by Gasteiger charge is 2.05. The topological polar surface area (TPSA) is 82.0 Å². The fourth-order valence-electron chi connectivity index (χ4n) is 1.66. The van der Waals surface area contributed by atoms with E-state index in [9.17, 15) is 15.3 Å². The first-order valence-corrected chi connectivity index (χ1v) is 5.72. The monoisotopic (exact) mass is 261 g/mol. The zero-order valence-electron chi connectivity index (χ0n) is 10.4. The number of anilines is 1. The summed E-state index contributed by atoms with van der Waals surface area (Å²) in [5.41, 5.74) is 1.31. The van der Waals surface area contributed by atoms with Gasteiger partial charge in [-0.05, 0) is 30.3 Å². The summed E-state index contributed by atoms with van der Waals surface area (Å²) in [6.07, 6.45) is 0. The third kappa shape index (κ3) is 3.01. The second-order valence-corrected chi connectivity index (χ2v) is 4.05. The Morgan fingerprint density at radius 2 is 1.68 bits per heavy atom. The van der Waals surface area contributed by atoms with Crippen molar-refractivity contribution in [2.75, 3.05) is 12.4 Å². The van der Waals surface area contributed by atoms with Crippen LogP contribution in [0.5, 0.6) is 23.0 Å². The van der Waals surface area contributed by atoms with Gasteiger partial charge in [0.2, 0.25) is 0 Å². The highest BCUT2D eigenvalue weighted by molar-refractivity contribution is 5.54. The lowest BCUT2D eigenvalue weighted by Gasteiger charge is -2.10. The van der Waals surface area contributed by atoms with E-state index in [0.717, 1.165) is 0 Å². The summed E-state index contributed by atoms with van der Waals surface area (Å²) in [6, 6.07) is 9.39. The predicted octanol–water partition coefficient (Wildman–Crippen LogP) is 2.42. The van der Waals surface area contributed by atoms with Crippen LogP contribution >= 0.6 is 0 Å². The molecule has 0 aliphatic carbocycles. The Labute approximate surface area is 110 Å². The number of nitrogens with one attached hydrogen (secondary N) is 1. The molecule has 0 unspecified atom stereocenters. The molecule has 0 aliphatic heterocycles. The molecule has 5 heteroatoms. The van der Waals surface area contributed by atoms with Gasteiger partial charge in [0.1, 0.15) is 11.5 Å². The molecule has 100 valence electrons. The van der Waals surface area contributed by atoms with Crippen LogP contribution in [0.25, 0.3) is 0 Å². The zero-order valence-corrected chi connectivity index (χ0v) is 10.4. The highest BCUT2D eigenvalue weighted by Crippen LogP contribution is 2.28. The standard InChI is InChI=1S/C14H15NO4/c1-19-11-3-5-12(16)9(6-11)8-15-10-2-4-13(17)14(18)7-10/h2-7,15-18H,8H2,1H3. The molecule has 0 spiro atoms. The minimum absolute atomic E-state index is 0.163. The second kappa shape index (κ2) is 5.39. The average molecular weight is 261 g/mol. The largest absolute Gasteiger partial charge is 0.508 e. The number of phenolic OH excluding ortho intramolecular Hbond substituents is 3. The Balaban J connectivity index is 2.11. The van der Waals surface area contributed by atoms with Crippen molar-refractivity contribution in [1.29, 1.82) is 0 Å². The molecule has 5 nitrogen and oxygen atoms in total. The number of benzene rings is 2. The van der Waals surface area contributed by atoms with Gasteiger partial charge >= 0.3 is 0 Å². The zero-order chi connectivity index (χ0) is 13.8. The molecule has 19 heavy (non-hydrogen) atoms. The number of aromatic hydroxyl groups is 3. The molecular weight excluding hydrogens is 246 g/mol. The number of hydrogen-bond donors (Lipinski definition) is 4. The van der Waals surface area contributed by atoms with Gasteiger partial charge in [0.05, 0.1) is 7.11 Å². The van der Waals surface area contributed by atoms with Crippen molar-refractivity contribution in [2.45, 2.75) is 6.54 Å². The van der Waals surface area contributed by atoms with Crippen LogP contribution in [-0.2, 0) is 6.54 Å². The second-order valence-electron chi connectivity index (χ2n) is 4.05. The van der Waals surface area contributed by atoms with Gasteiger partial charge in [0.25, 0.3) is 0 Å². The van der Waals surface area contributed by atoms with Gasteiger partial charge in [-0.2, -0.15) is 0 Å². The molecular formula is C14H15NO4. The van der Waals surface area contributed by atoms with E-state index in [1.54, 1.807) is 31.4 Å². The molecule has 0 atom stereocenters. The van der Waals surface area contributed by atoms with Crippen molar-refractivity contribution >= 4 is 5.69 Å². The molecule has 0 amide bonds.